The van der Waals surface area contributed by atoms with Gasteiger partial charge in [0.15, 0.2) is 0 Å². The number of nitrogens with zero attached hydrogens (tertiary/aromatic N) is 2. The lowest BCUT2D eigenvalue weighted by Crippen LogP contribution is -2.13. The van der Waals surface area contributed by atoms with Crippen molar-refractivity contribution in [3.8, 4) is 40.0 Å². The first kappa shape index (κ1) is 26.9. The predicted octanol–water partition coefficient (Wildman–Crippen LogP) is 8.11. The van der Waals surface area contributed by atoms with E-state index in [2.05, 4.69) is 25.2 Å². The van der Waals surface area contributed by atoms with Gasteiger partial charge < -0.3 is 14.8 Å². The van der Waals surface area contributed by atoms with Crippen molar-refractivity contribution >= 4 is 33.1 Å². The van der Waals surface area contributed by atoms with Gasteiger partial charge in [-0.05, 0) is 54.8 Å². The van der Waals surface area contributed by atoms with Gasteiger partial charge in [-0.15, -0.1) is 11.3 Å². The first-order valence-corrected chi connectivity index (χ1v) is 13.8. The second-order valence-corrected chi connectivity index (χ2v) is 11.1. The Morgan fingerprint density at radius 1 is 1.00 bits per heavy atom. The third-order valence-corrected chi connectivity index (χ3v) is 7.50. The molecule has 0 bridgehead atoms. The summed E-state index contributed by atoms with van der Waals surface area (Å²) in [6, 6.07) is 27.0. The highest BCUT2D eigenvalue weighted by Gasteiger charge is 2.21. The van der Waals surface area contributed by atoms with Gasteiger partial charge in [0.25, 0.3) is 5.91 Å². The fourth-order valence-electron chi connectivity index (χ4n) is 4.53. The van der Waals surface area contributed by atoms with Crippen LogP contribution in [-0.4, -0.2) is 24.6 Å². The molecule has 2 heterocycles. The molecule has 0 aliphatic heterocycles. The van der Waals surface area contributed by atoms with Crippen molar-refractivity contribution in [2.75, 3.05) is 19.0 Å². The molecule has 200 valence electrons. The molecule has 0 aliphatic rings. The topological polar surface area (TPSA) is 84.2 Å². The van der Waals surface area contributed by atoms with Crippen molar-refractivity contribution < 1.29 is 14.3 Å². The zero-order valence-corrected chi connectivity index (χ0v) is 23.6. The predicted molar refractivity (Wildman–Crippen MR) is 161 cm³/mol. The Labute approximate surface area is 237 Å². The van der Waals surface area contributed by atoms with Gasteiger partial charge in [-0.1, -0.05) is 56.3 Å². The van der Waals surface area contributed by atoms with Gasteiger partial charge >= 0.3 is 0 Å². The second kappa shape index (κ2) is 11.6. The van der Waals surface area contributed by atoms with E-state index >= 15 is 0 Å². The standard InChI is InChI=1S/C33H29N3O3S/c1-20(2)19-39-25-9-7-8-23(16-25)30-17-27(26-10-5-6-11-29(26)35-30)32(37)36-33-28(18-34)31(21(3)40-33)22-12-14-24(38-4)15-13-22/h5-17,20H,19H2,1-4H3,(H,36,37). The summed E-state index contributed by atoms with van der Waals surface area (Å²) in [5.74, 6) is 1.60. The van der Waals surface area contributed by atoms with Crippen molar-refractivity contribution in [3.63, 3.8) is 0 Å². The molecule has 0 unspecified atom stereocenters. The van der Waals surface area contributed by atoms with E-state index in [1.54, 1.807) is 13.2 Å². The molecule has 40 heavy (non-hydrogen) atoms. The van der Waals surface area contributed by atoms with E-state index in [-0.39, 0.29) is 5.91 Å². The van der Waals surface area contributed by atoms with Crippen LogP contribution in [0.3, 0.4) is 0 Å². The number of thiophene rings is 1. The lowest BCUT2D eigenvalue weighted by molar-refractivity contribution is 0.102. The molecule has 0 saturated carbocycles. The quantitative estimate of drug-likeness (QED) is 0.212. The van der Waals surface area contributed by atoms with Crippen molar-refractivity contribution in [1.29, 1.82) is 5.26 Å². The highest BCUT2D eigenvalue weighted by atomic mass is 32.1. The van der Waals surface area contributed by atoms with Crippen LogP contribution >= 0.6 is 11.3 Å². The number of anilines is 1. The minimum Gasteiger partial charge on any atom is -0.497 e. The van der Waals surface area contributed by atoms with Crippen molar-refractivity contribution in [2.45, 2.75) is 20.8 Å². The number of nitriles is 1. The molecular formula is C33H29N3O3S. The van der Waals surface area contributed by atoms with E-state index < -0.39 is 0 Å². The summed E-state index contributed by atoms with van der Waals surface area (Å²) in [6.07, 6.45) is 0. The van der Waals surface area contributed by atoms with Crippen LogP contribution in [0.1, 0.15) is 34.6 Å². The van der Waals surface area contributed by atoms with Gasteiger partial charge in [0.1, 0.15) is 22.6 Å². The van der Waals surface area contributed by atoms with E-state index in [1.165, 1.54) is 11.3 Å². The average Bonchev–Trinajstić information content (AvgIpc) is 3.29. The van der Waals surface area contributed by atoms with Gasteiger partial charge in [0.05, 0.1) is 36.1 Å². The lowest BCUT2D eigenvalue weighted by Gasteiger charge is -2.12. The summed E-state index contributed by atoms with van der Waals surface area (Å²) < 4.78 is 11.2. The number of benzene rings is 3. The number of carbonyl (C=O) groups excluding carboxylic acids is 1. The highest BCUT2D eigenvalue weighted by Crippen LogP contribution is 2.40. The number of ether oxygens (including phenoxy) is 2. The number of aryl methyl sites for hydroxylation is 1. The molecule has 0 aliphatic carbocycles. The van der Waals surface area contributed by atoms with Crippen LogP contribution in [0.4, 0.5) is 5.00 Å². The summed E-state index contributed by atoms with van der Waals surface area (Å²) in [7, 11) is 1.62. The van der Waals surface area contributed by atoms with Crippen molar-refractivity contribution in [2.24, 2.45) is 5.92 Å². The molecule has 0 spiro atoms. The average molecular weight is 548 g/mol. The summed E-state index contributed by atoms with van der Waals surface area (Å²) in [6.45, 7) is 6.77. The molecule has 1 amide bonds. The molecule has 6 nitrogen and oxygen atoms in total. The number of amides is 1. The Kier molecular flexibility index (Phi) is 7.81. The monoisotopic (exact) mass is 547 g/mol. The Balaban J connectivity index is 1.52. The summed E-state index contributed by atoms with van der Waals surface area (Å²) >= 11 is 1.39. The number of rotatable bonds is 8. The molecule has 0 fully saturated rings. The SMILES string of the molecule is COc1ccc(-c2c(C)sc(NC(=O)c3cc(-c4cccc(OCC(C)C)c4)nc4ccccc34)c2C#N)cc1. The Hall–Kier alpha value is -4.67. The van der Waals surface area contributed by atoms with E-state index in [0.717, 1.165) is 38.5 Å². The molecule has 0 radical (unpaired) electrons. The third kappa shape index (κ3) is 5.54. The number of hydrogen-bond donors (Lipinski definition) is 1. The van der Waals surface area contributed by atoms with Crippen LogP contribution in [0, 0.1) is 24.2 Å². The van der Waals surface area contributed by atoms with Crippen LogP contribution in [0.2, 0.25) is 0 Å². The number of aromatic nitrogens is 1. The highest BCUT2D eigenvalue weighted by molar-refractivity contribution is 7.17. The molecule has 7 heteroatoms. The number of pyridine rings is 1. The number of fused-ring (bicyclic) bond motifs is 1. The van der Waals surface area contributed by atoms with E-state index in [9.17, 15) is 10.1 Å². The molecule has 5 rings (SSSR count). The minimum absolute atomic E-state index is 0.300. The number of nitrogens with one attached hydrogen (secondary N) is 1. The van der Waals surface area contributed by atoms with Crippen molar-refractivity contribution in [1.82, 2.24) is 4.98 Å². The Morgan fingerprint density at radius 2 is 1.77 bits per heavy atom. The van der Waals surface area contributed by atoms with Crippen molar-refractivity contribution in [3.05, 3.63) is 94.9 Å². The molecule has 5 aromatic rings. The second-order valence-electron chi connectivity index (χ2n) is 9.84. The van der Waals surface area contributed by atoms with Gasteiger partial charge in [-0.2, -0.15) is 5.26 Å². The maximum Gasteiger partial charge on any atom is 0.257 e. The zero-order valence-electron chi connectivity index (χ0n) is 22.8. The lowest BCUT2D eigenvalue weighted by atomic mass is 10.0. The van der Waals surface area contributed by atoms with Crippen LogP contribution < -0.4 is 14.8 Å². The van der Waals surface area contributed by atoms with Crippen LogP contribution in [0.5, 0.6) is 11.5 Å². The molecular weight excluding hydrogens is 518 g/mol. The Morgan fingerprint density at radius 3 is 2.50 bits per heavy atom. The first-order valence-electron chi connectivity index (χ1n) is 13.0. The first-order chi connectivity index (χ1) is 19.4. The molecule has 2 aromatic heterocycles. The molecule has 3 aromatic carbocycles. The maximum absolute atomic E-state index is 13.8. The van der Waals surface area contributed by atoms with Gasteiger partial charge in [0, 0.05) is 21.4 Å². The van der Waals surface area contributed by atoms with Gasteiger partial charge in [-0.3, -0.25) is 4.79 Å². The summed E-state index contributed by atoms with van der Waals surface area (Å²) in [5, 5.41) is 14.4. The molecule has 0 saturated heterocycles. The number of hydrogen-bond acceptors (Lipinski definition) is 6. The van der Waals surface area contributed by atoms with E-state index in [4.69, 9.17) is 14.5 Å². The van der Waals surface area contributed by atoms with Crippen LogP contribution in [-0.2, 0) is 0 Å². The fourth-order valence-corrected chi connectivity index (χ4v) is 5.56. The Bertz CT molecular complexity index is 1730. The van der Waals surface area contributed by atoms with E-state index in [0.29, 0.717) is 39.9 Å². The maximum atomic E-state index is 13.8. The number of para-hydroxylation sites is 1. The summed E-state index contributed by atoms with van der Waals surface area (Å²) in [4.78, 5) is 19.6. The fraction of sp³-hybridized carbons (Fsp3) is 0.182. The third-order valence-electron chi connectivity index (χ3n) is 6.48. The largest absolute Gasteiger partial charge is 0.497 e. The van der Waals surface area contributed by atoms with Gasteiger partial charge in [-0.25, -0.2) is 4.98 Å². The van der Waals surface area contributed by atoms with E-state index in [1.807, 2.05) is 79.7 Å². The smallest absolute Gasteiger partial charge is 0.257 e. The minimum atomic E-state index is -0.300. The van der Waals surface area contributed by atoms with Gasteiger partial charge in [0.2, 0.25) is 0 Å². The molecule has 0 atom stereocenters. The zero-order chi connectivity index (χ0) is 28.2. The number of methoxy groups -OCH3 is 1. The molecule has 1 N–H and O–H groups in total. The summed E-state index contributed by atoms with van der Waals surface area (Å²) in [5.41, 5.74) is 4.85. The number of carbonyl (C=O) groups is 1. The normalized spacial score (nSPS) is 10.9. The van der Waals surface area contributed by atoms with Crippen LogP contribution in [0.15, 0.2) is 78.9 Å². The van der Waals surface area contributed by atoms with Crippen LogP contribution in [0.25, 0.3) is 33.3 Å².